The molecule has 1 amide bonds. The van der Waals surface area contributed by atoms with E-state index in [-0.39, 0.29) is 12.2 Å². The molecule has 0 aliphatic heterocycles. The van der Waals surface area contributed by atoms with Gasteiger partial charge in [-0.05, 0) is 17.7 Å². The molecule has 0 atom stereocenters. The summed E-state index contributed by atoms with van der Waals surface area (Å²) < 4.78 is 2.13. The van der Waals surface area contributed by atoms with Gasteiger partial charge in [0, 0.05) is 22.2 Å². The summed E-state index contributed by atoms with van der Waals surface area (Å²) in [7, 11) is 0. The van der Waals surface area contributed by atoms with Gasteiger partial charge in [-0.15, -0.1) is 0 Å². The molecule has 11 nitrogen and oxygen atoms in total. The molecule has 1 aromatic heterocycles. The number of hydrogen-bond acceptors (Lipinski definition) is 7. The molecule has 152 valence electrons. The summed E-state index contributed by atoms with van der Waals surface area (Å²) in [4.78, 5) is 33.2. The van der Waals surface area contributed by atoms with E-state index in [1.165, 1.54) is 35.3 Å². The minimum Gasteiger partial charge on any atom is -0.265 e. The van der Waals surface area contributed by atoms with Gasteiger partial charge in [0.1, 0.15) is 6.20 Å². The van der Waals surface area contributed by atoms with E-state index < -0.39 is 27.1 Å². The first-order chi connectivity index (χ1) is 14.3. The first-order valence-corrected chi connectivity index (χ1v) is 9.17. The van der Waals surface area contributed by atoms with Crippen LogP contribution in [0.1, 0.15) is 21.6 Å². The lowest BCUT2D eigenvalue weighted by Gasteiger charge is -2.01. The van der Waals surface area contributed by atoms with Crippen LogP contribution in [0, 0.1) is 20.2 Å². The molecule has 1 heterocycles. The van der Waals surface area contributed by atoms with Crippen LogP contribution >= 0.6 is 15.9 Å². The van der Waals surface area contributed by atoms with Crippen molar-refractivity contribution in [1.82, 2.24) is 15.2 Å². The van der Waals surface area contributed by atoms with E-state index in [1.54, 1.807) is 6.07 Å². The molecular weight excluding hydrogens is 460 g/mol. The number of aromatic nitrogens is 2. The Morgan fingerprint density at radius 1 is 1.17 bits per heavy atom. The topological polar surface area (TPSA) is 146 Å². The number of nitrogens with zero attached hydrogens (tertiary/aromatic N) is 5. The van der Waals surface area contributed by atoms with E-state index >= 15 is 0 Å². The Balaban J connectivity index is 1.76. The molecule has 0 bridgehead atoms. The third-order valence-electron chi connectivity index (χ3n) is 3.85. The molecule has 0 saturated carbocycles. The minimum absolute atomic E-state index is 0.132. The lowest BCUT2D eigenvalue weighted by atomic mass is 10.2. The molecule has 0 unspecified atom stereocenters. The summed E-state index contributed by atoms with van der Waals surface area (Å²) in [6.45, 7) is 0.227. The quantitative estimate of drug-likeness (QED) is 0.317. The number of nitro groups is 2. The molecule has 0 fully saturated rings. The Morgan fingerprint density at radius 2 is 1.93 bits per heavy atom. The van der Waals surface area contributed by atoms with Gasteiger partial charge in [-0.2, -0.15) is 10.2 Å². The maximum atomic E-state index is 12.3. The second kappa shape index (κ2) is 9.05. The van der Waals surface area contributed by atoms with E-state index in [9.17, 15) is 25.0 Å². The maximum Gasteiger partial charge on any atom is 0.320 e. The number of rotatable bonds is 7. The normalized spacial score (nSPS) is 10.8. The molecule has 0 saturated heterocycles. The van der Waals surface area contributed by atoms with Crippen molar-refractivity contribution in [1.29, 1.82) is 0 Å². The van der Waals surface area contributed by atoms with Crippen molar-refractivity contribution in [3.63, 3.8) is 0 Å². The van der Waals surface area contributed by atoms with Gasteiger partial charge >= 0.3 is 5.69 Å². The predicted molar refractivity (Wildman–Crippen MR) is 110 cm³/mol. The fourth-order valence-electron chi connectivity index (χ4n) is 2.55. The Kier molecular flexibility index (Phi) is 6.27. The largest absolute Gasteiger partial charge is 0.320 e. The molecule has 3 aromatic rings. The average Bonchev–Trinajstić information content (AvgIpc) is 3.12. The SMILES string of the molecule is O=C(N/N=C\c1cccc([N+](=O)[O-])c1)c1nn(Cc2cccc(Br)c2)cc1[N+](=O)[O-]. The van der Waals surface area contributed by atoms with E-state index in [4.69, 9.17) is 0 Å². The molecule has 1 N–H and O–H groups in total. The van der Waals surface area contributed by atoms with Crippen molar-refractivity contribution in [3.8, 4) is 0 Å². The summed E-state index contributed by atoms with van der Waals surface area (Å²) in [5.41, 5.74) is 2.36. The number of benzene rings is 2. The number of nitrogens with one attached hydrogen (secondary N) is 1. The number of non-ortho nitro benzene ring substituents is 1. The molecule has 2 aromatic carbocycles. The van der Waals surface area contributed by atoms with Crippen LogP contribution in [-0.4, -0.2) is 31.7 Å². The maximum absolute atomic E-state index is 12.3. The van der Waals surface area contributed by atoms with Crippen LogP contribution in [0.15, 0.2) is 64.3 Å². The summed E-state index contributed by atoms with van der Waals surface area (Å²) in [5, 5.41) is 29.8. The number of nitro benzene ring substituents is 1. The van der Waals surface area contributed by atoms with Crippen molar-refractivity contribution in [2.45, 2.75) is 6.54 Å². The summed E-state index contributed by atoms with van der Waals surface area (Å²) >= 11 is 3.35. The number of amides is 1. The molecule has 12 heteroatoms. The molecule has 0 radical (unpaired) electrons. The van der Waals surface area contributed by atoms with Crippen LogP contribution in [0.4, 0.5) is 11.4 Å². The van der Waals surface area contributed by atoms with Crippen LogP contribution in [0.2, 0.25) is 0 Å². The van der Waals surface area contributed by atoms with Gasteiger partial charge in [0.2, 0.25) is 5.69 Å². The van der Waals surface area contributed by atoms with Gasteiger partial charge in [0.25, 0.3) is 11.6 Å². The fraction of sp³-hybridized carbons (Fsp3) is 0.0556. The molecule has 0 aliphatic carbocycles. The second-order valence-corrected chi connectivity index (χ2v) is 6.91. The number of carbonyl (C=O) groups is 1. The molecular formula is C18H13BrN6O5. The van der Waals surface area contributed by atoms with Gasteiger partial charge in [0.15, 0.2) is 0 Å². The molecule has 3 rings (SSSR count). The zero-order chi connectivity index (χ0) is 21.7. The highest BCUT2D eigenvalue weighted by Crippen LogP contribution is 2.19. The predicted octanol–water partition coefficient (Wildman–Crippen LogP) is 3.27. The molecule has 0 aliphatic rings. The standard InChI is InChI=1S/C18H13BrN6O5/c19-14-5-1-4-13(7-14)10-23-11-16(25(29)30)17(22-23)18(26)21-20-9-12-3-2-6-15(8-12)24(27)28/h1-9,11H,10H2,(H,21,26)/b20-9-. The number of hydrazone groups is 1. The second-order valence-electron chi connectivity index (χ2n) is 6.00. The third kappa shape index (κ3) is 5.11. The average molecular weight is 473 g/mol. The number of hydrogen-bond donors (Lipinski definition) is 1. The number of carbonyl (C=O) groups excluding carboxylic acids is 1. The Hall–Kier alpha value is -3.93. The zero-order valence-corrected chi connectivity index (χ0v) is 16.7. The first-order valence-electron chi connectivity index (χ1n) is 8.37. The van der Waals surface area contributed by atoms with E-state index in [0.717, 1.165) is 10.0 Å². The highest BCUT2D eigenvalue weighted by molar-refractivity contribution is 9.10. The minimum atomic E-state index is -0.878. The van der Waals surface area contributed by atoms with Crippen LogP contribution in [0.3, 0.4) is 0 Å². The van der Waals surface area contributed by atoms with Crippen molar-refractivity contribution in [2.24, 2.45) is 5.10 Å². The monoisotopic (exact) mass is 472 g/mol. The van der Waals surface area contributed by atoms with Crippen molar-refractivity contribution < 1.29 is 14.6 Å². The Bertz CT molecular complexity index is 1160. The van der Waals surface area contributed by atoms with Gasteiger partial charge in [0.05, 0.1) is 22.6 Å². The van der Waals surface area contributed by atoms with Gasteiger partial charge in [-0.3, -0.25) is 29.7 Å². The third-order valence-corrected chi connectivity index (χ3v) is 4.34. The van der Waals surface area contributed by atoms with Crippen LogP contribution < -0.4 is 5.43 Å². The fourth-order valence-corrected chi connectivity index (χ4v) is 2.99. The zero-order valence-electron chi connectivity index (χ0n) is 15.1. The van der Waals surface area contributed by atoms with Gasteiger partial charge < -0.3 is 0 Å². The van der Waals surface area contributed by atoms with E-state index in [1.807, 2.05) is 24.3 Å². The first kappa shape index (κ1) is 20.8. The van der Waals surface area contributed by atoms with Crippen LogP contribution in [-0.2, 0) is 6.54 Å². The summed E-state index contributed by atoms with van der Waals surface area (Å²) in [6.07, 6.45) is 2.36. The summed E-state index contributed by atoms with van der Waals surface area (Å²) in [6, 6.07) is 12.9. The van der Waals surface area contributed by atoms with Crippen molar-refractivity contribution in [2.75, 3.05) is 0 Å². The van der Waals surface area contributed by atoms with Crippen LogP contribution in [0.5, 0.6) is 0 Å². The van der Waals surface area contributed by atoms with E-state index in [2.05, 4.69) is 31.6 Å². The lowest BCUT2D eigenvalue weighted by molar-refractivity contribution is -0.385. The van der Waals surface area contributed by atoms with Crippen LogP contribution in [0.25, 0.3) is 0 Å². The summed E-state index contributed by atoms with van der Waals surface area (Å²) in [5.74, 6) is -0.878. The molecule has 30 heavy (non-hydrogen) atoms. The highest BCUT2D eigenvalue weighted by Gasteiger charge is 2.25. The Morgan fingerprint density at radius 3 is 2.63 bits per heavy atom. The Labute approximate surface area is 177 Å². The van der Waals surface area contributed by atoms with E-state index in [0.29, 0.717) is 5.56 Å². The lowest BCUT2D eigenvalue weighted by Crippen LogP contribution is -2.19. The highest BCUT2D eigenvalue weighted by atomic mass is 79.9. The van der Waals surface area contributed by atoms with Crippen molar-refractivity contribution >= 4 is 39.4 Å². The number of halogens is 1. The van der Waals surface area contributed by atoms with Gasteiger partial charge in [-0.25, -0.2) is 5.43 Å². The van der Waals surface area contributed by atoms with Gasteiger partial charge in [-0.1, -0.05) is 40.2 Å². The van der Waals surface area contributed by atoms with Crippen molar-refractivity contribution in [3.05, 3.63) is 96.2 Å². The smallest absolute Gasteiger partial charge is 0.265 e. The molecule has 0 spiro atoms.